The van der Waals surface area contributed by atoms with Gasteiger partial charge in [-0.05, 0) is 70.2 Å². The predicted molar refractivity (Wildman–Crippen MR) is 107 cm³/mol. The molecular formula is C21H28N2O5. The molecule has 1 aliphatic rings. The van der Waals surface area contributed by atoms with Gasteiger partial charge in [-0.2, -0.15) is 0 Å². The van der Waals surface area contributed by atoms with Gasteiger partial charge in [0, 0.05) is 11.3 Å². The third kappa shape index (κ3) is 5.58. The number of carbonyl (C=O) groups is 3. The molecule has 7 nitrogen and oxygen atoms in total. The Balaban J connectivity index is 2.05. The van der Waals surface area contributed by atoms with Crippen molar-refractivity contribution in [2.45, 2.75) is 64.5 Å². The van der Waals surface area contributed by atoms with Crippen molar-refractivity contribution in [2.24, 2.45) is 0 Å². The lowest BCUT2D eigenvalue weighted by Gasteiger charge is -2.40. The molecule has 2 rings (SSSR count). The normalized spacial score (nSPS) is 15.9. The second kappa shape index (κ2) is 8.46. The molecule has 28 heavy (non-hydrogen) atoms. The highest BCUT2D eigenvalue weighted by Gasteiger charge is 2.46. The average Bonchev–Trinajstić information content (AvgIpc) is 2.55. The average molecular weight is 388 g/mol. The van der Waals surface area contributed by atoms with Crippen molar-refractivity contribution >= 4 is 29.7 Å². The molecule has 0 unspecified atom stereocenters. The first kappa shape index (κ1) is 21.5. The van der Waals surface area contributed by atoms with Gasteiger partial charge in [-0.15, -0.1) is 0 Å². The highest BCUT2D eigenvalue weighted by molar-refractivity contribution is 6.00. The van der Waals surface area contributed by atoms with Crippen LogP contribution < -0.4 is 10.6 Å². The summed E-state index contributed by atoms with van der Waals surface area (Å²) in [5.41, 5.74) is 0.0314. The lowest BCUT2D eigenvalue weighted by molar-refractivity contribution is -0.132. The van der Waals surface area contributed by atoms with E-state index in [0.29, 0.717) is 30.5 Å². The standard InChI is InChI=1S/C21H28N2O5/c1-5-15(17(24)25)13-14-7-9-16(10-8-14)22-18(26)21(11-6-12-21)23-19(27)28-20(2,3)4/h7-10,13H,5-6,11-12H2,1-4H3,(H,22,26)(H,23,27)(H,24,25)/b15-13+. The molecule has 1 saturated carbocycles. The van der Waals surface area contributed by atoms with E-state index in [1.807, 2.05) is 0 Å². The molecule has 7 heteroatoms. The first-order valence-corrected chi connectivity index (χ1v) is 9.41. The Bertz CT molecular complexity index is 771. The van der Waals surface area contributed by atoms with E-state index in [0.717, 1.165) is 12.0 Å². The Kier molecular flexibility index (Phi) is 6.48. The van der Waals surface area contributed by atoms with E-state index in [-0.39, 0.29) is 5.91 Å². The van der Waals surface area contributed by atoms with Gasteiger partial charge in [0.15, 0.2) is 0 Å². The van der Waals surface area contributed by atoms with E-state index in [1.165, 1.54) is 0 Å². The van der Waals surface area contributed by atoms with E-state index in [2.05, 4.69) is 10.6 Å². The van der Waals surface area contributed by atoms with Gasteiger partial charge in [-0.1, -0.05) is 19.1 Å². The summed E-state index contributed by atoms with van der Waals surface area (Å²) in [4.78, 5) is 35.9. The number of benzene rings is 1. The van der Waals surface area contributed by atoms with Gasteiger partial charge in [0.2, 0.25) is 5.91 Å². The minimum absolute atomic E-state index is 0.285. The van der Waals surface area contributed by atoms with Crippen LogP contribution in [0.15, 0.2) is 29.8 Å². The molecule has 0 spiro atoms. The quantitative estimate of drug-likeness (QED) is 0.640. The molecule has 1 aromatic rings. The maximum atomic E-state index is 12.7. The molecule has 3 N–H and O–H groups in total. The van der Waals surface area contributed by atoms with Crippen LogP contribution in [0.1, 0.15) is 58.9 Å². The van der Waals surface area contributed by atoms with Gasteiger partial charge in [-0.3, -0.25) is 4.79 Å². The Morgan fingerprint density at radius 3 is 2.21 bits per heavy atom. The summed E-state index contributed by atoms with van der Waals surface area (Å²) < 4.78 is 5.27. The highest BCUT2D eigenvalue weighted by Crippen LogP contribution is 2.33. The number of aliphatic carboxylic acids is 1. The lowest BCUT2D eigenvalue weighted by Crippen LogP contribution is -2.61. The van der Waals surface area contributed by atoms with E-state index >= 15 is 0 Å². The Morgan fingerprint density at radius 2 is 1.79 bits per heavy atom. The first-order chi connectivity index (χ1) is 13.0. The molecule has 0 aromatic heterocycles. The van der Waals surface area contributed by atoms with E-state index in [9.17, 15) is 14.4 Å². The zero-order chi connectivity index (χ0) is 20.9. The van der Waals surface area contributed by atoms with Gasteiger partial charge in [0.05, 0.1) is 0 Å². The van der Waals surface area contributed by atoms with Gasteiger partial charge < -0.3 is 20.5 Å². The van der Waals surface area contributed by atoms with E-state index in [1.54, 1.807) is 58.0 Å². The number of carboxylic acids is 1. The molecule has 1 fully saturated rings. The number of hydrogen-bond acceptors (Lipinski definition) is 4. The summed E-state index contributed by atoms with van der Waals surface area (Å²) in [5.74, 6) is -1.23. The molecule has 0 bridgehead atoms. The molecule has 152 valence electrons. The molecule has 0 atom stereocenters. The van der Waals surface area contributed by atoms with Crippen molar-refractivity contribution in [3.63, 3.8) is 0 Å². The topological polar surface area (TPSA) is 105 Å². The Labute approximate surface area is 165 Å². The van der Waals surface area contributed by atoms with Crippen molar-refractivity contribution in [3.05, 3.63) is 35.4 Å². The summed E-state index contributed by atoms with van der Waals surface area (Å²) in [6.07, 6.45) is 3.37. The Hall–Kier alpha value is -2.83. The maximum absolute atomic E-state index is 12.7. The minimum atomic E-state index is -0.959. The largest absolute Gasteiger partial charge is 0.478 e. The zero-order valence-corrected chi connectivity index (χ0v) is 16.8. The number of carbonyl (C=O) groups excluding carboxylic acids is 2. The molecule has 2 amide bonds. The monoisotopic (exact) mass is 388 g/mol. The van der Waals surface area contributed by atoms with Gasteiger partial charge in [0.1, 0.15) is 11.1 Å². The van der Waals surface area contributed by atoms with Crippen molar-refractivity contribution in [3.8, 4) is 0 Å². The van der Waals surface area contributed by atoms with Crippen molar-refractivity contribution in [1.82, 2.24) is 5.32 Å². The van der Waals surface area contributed by atoms with Gasteiger partial charge in [-0.25, -0.2) is 9.59 Å². The van der Waals surface area contributed by atoms with Crippen LogP contribution in [0.2, 0.25) is 0 Å². The fourth-order valence-corrected chi connectivity index (χ4v) is 2.87. The number of carboxylic acid groups (broad SMARTS) is 1. The number of anilines is 1. The van der Waals surface area contributed by atoms with Crippen LogP contribution in [-0.2, 0) is 14.3 Å². The van der Waals surface area contributed by atoms with Crippen LogP contribution in [0.25, 0.3) is 6.08 Å². The molecule has 0 heterocycles. The molecular weight excluding hydrogens is 360 g/mol. The fraction of sp³-hybridized carbons (Fsp3) is 0.476. The van der Waals surface area contributed by atoms with Crippen molar-refractivity contribution in [1.29, 1.82) is 0 Å². The highest BCUT2D eigenvalue weighted by atomic mass is 16.6. The number of rotatable bonds is 6. The van der Waals surface area contributed by atoms with Crippen molar-refractivity contribution < 1.29 is 24.2 Å². The third-order valence-electron chi connectivity index (χ3n) is 4.55. The minimum Gasteiger partial charge on any atom is -0.478 e. The third-order valence-corrected chi connectivity index (χ3v) is 4.55. The summed E-state index contributed by atoms with van der Waals surface area (Å²) >= 11 is 0. The van der Waals surface area contributed by atoms with E-state index in [4.69, 9.17) is 9.84 Å². The summed E-state index contributed by atoms with van der Waals surface area (Å²) in [5, 5.41) is 14.6. The van der Waals surface area contributed by atoms with Crippen LogP contribution in [0, 0.1) is 0 Å². The van der Waals surface area contributed by atoms with Gasteiger partial charge in [0.25, 0.3) is 0 Å². The molecule has 1 aliphatic carbocycles. The maximum Gasteiger partial charge on any atom is 0.408 e. The number of amides is 2. The summed E-state index contributed by atoms with van der Waals surface area (Å²) in [6.45, 7) is 7.09. The summed E-state index contributed by atoms with van der Waals surface area (Å²) in [7, 11) is 0. The van der Waals surface area contributed by atoms with Gasteiger partial charge >= 0.3 is 12.1 Å². The van der Waals surface area contributed by atoms with Crippen LogP contribution in [-0.4, -0.2) is 34.2 Å². The second-order valence-electron chi connectivity index (χ2n) is 7.97. The second-order valence-corrected chi connectivity index (χ2v) is 7.97. The first-order valence-electron chi connectivity index (χ1n) is 9.41. The molecule has 0 radical (unpaired) electrons. The molecule has 0 aliphatic heterocycles. The van der Waals surface area contributed by atoms with Crippen molar-refractivity contribution in [2.75, 3.05) is 5.32 Å². The van der Waals surface area contributed by atoms with Crippen LogP contribution in [0.4, 0.5) is 10.5 Å². The predicted octanol–water partition coefficient (Wildman–Crippen LogP) is 3.95. The number of hydrogen-bond donors (Lipinski definition) is 3. The molecule has 0 saturated heterocycles. The lowest BCUT2D eigenvalue weighted by atomic mass is 9.76. The van der Waals surface area contributed by atoms with E-state index < -0.39 is 23.2 Å². The van der Waals surface area contributed by atoms with Crippen LogP contribution >= 0.6 is 0 Å². The molecule has 1 aromatic carbocycles. The number of ether oxygens (including phenoxy) is 1. The number of nitrogens with one attached hydrogen (secondary N) is 2. The van der Waals surface area contributed by atoms with Crippen LogP contribution in [0.5, 0.6) is 0 Å². The smallest absolute Gasteiger partial charge is 0.408 e. The SMILES string of the molecule is CC/C(=C\c1ccc(NC(=O)C2(NC(=O)OC(C)(C)C)CCC2)cc1)C(=O)O. The van der Waals surface area contributed by atoms with Crippen LogP contribution in [0.3, 0.4) is 0 Å². The summed E-state index contributed by atoms with van der Waals surface area (Å²) in [6, 6.07) is 6.89. The number of alkyl carbamates (subject to hydrolysis) is 1. The zero-order valence-electron chi connectivity index (χ0n) is 16.8. The fourth-order valence-electron chi connectivity index (χ4n) is 2.87. The Morgan fingerprint density at radius 1 is 1.18 bits per heavy atom.